The average molecular weight is 362 g/mol. The van der Waals surface area contributed by atoms with Gasteiger partial charge >= 0.3 is 0 Å². The molecule has 0 bridgehead atoms. The van der Waals surface area contributed by atoms with Crippen molar-refractivity contribution in [2.24, 2.45) is 0 Å². The average Bonchev–Trinajstić information content (AvgIpc) is 2.57. The van der Waals surface area contributed by atoms with Crippen LogP contribution in [0.25, 0.3) is 5.76 Å². The van der Waals surface area contributed by atoms with Crippen LogP contribution in [0.5, 0.6) is 0 Å². The largest absolute Gasteiger partial charge is 0.505 e. The van der Waals surface area contributed by atoms with Crippen molar-refractivity contribution in [1.82, 2.24) is 4.31 Å². The van der Waals surface area contributed by atoms with Crippen molar-refractivity contribution >= 4 is 27.4 Å². The number of carbonyl (C=O) groups excluding carboxylic acids is 1. The summed E-state index contributed by atoms with van der Waals surface area (Å²) in [7, 11) is -2.84. The Morgan fingerprint density at radius 1 is 1.20 bits per heavy atom. The van der Waals surface area contributed by atoms with Crippen LogP contribution in [0, 0.1) is 12.7 Å². The summed E-state index contributed by atoms with van der Waals surface area (Å²) in [6.07, 6.45) is 0. The fourth-order valence-electron chi connectivity index (χ4n) is 2.60. The van der Waals surface area contributed by atoms with Gasteiger partial charge in [0, 0.05) is 12.6 Å². The molecule has 1 heterocycles. The Kier molecular flexibility index (Phi) is 4.00. The van der Waals surface area contributed by atoms with Gasteiger partial charge < -0.3 is 10.4 Å². The Morgan fingerprint density at radius 2 is 1.88 bits per heavy atom. The number of aliphatic hydroxyl groups is 1. The van der Waals surface area contributed by atoms with Gasteiger partial charge in [-0.1, -0.05) is 18.2 Å². The molecule has 2 aromatic carbocycles. The summed E-state index contributed by atoms with van der Waals surface area (Å²) in [5.41, 5.74) is 0.162. The van der Waals surface area contributed by atoms with Gasteiger partial charge in [0.2, 0.25) is 0 Å². The summed E-state index contributed by atoms with van der Waals surface area (Å²) in [6, 6.07) is 9.94. The molecule has 1 aliphatic heterocycles. The number of benzene rings is 2. The maximum atomic E-state index is 13.9. The second-order valence-electron chi connectivity index (χ2n) is 5.60. The highest BCUT2D eigenvalue weighted by atomic mass is 32.2. The highest BCUT2D eigenvalue weighted by Gasteiger charge is 2.37. The number of amides is 1. The molecule has 6 nitrogen and oxygen atoms in total. The van der Waals surface area contributed by atoms with E-state index in [0.717, 1.165) is 7.05 Å². The van der Waals surface area contributed by atoms with E-state index in [1.54, 1.807) is 13.0 Å². The van der Waals surface area contributed by atoms with E-state index in [1.807, 2.05) is 0 Å². The number of halogens is 1. The molecule has 1 aliphatic rings. The Hall–Kier alpha value is -2.87. The van der Waals surface area contributed by atoms with Gasteiger partial charge in [-0.25, -0.2) is 12.8 Å². The normalized spacial score (nSPS) is 15.7. The molecule has 0 fully saturated rings. The molecule has 0 atom stereocenters. The molecule has 2 N–H and O–H groups in total. The van der Waals surface area contributed by atoms with Gasteiger partial charge in [-0.2, -0.15) is 0 Å². The van der Waals surface area contributed by atoms with Crippen LogP contribution >= 0.6 is 0 Å². The lowest BCUT2D eigenvalue weighted by atomic mass is 10.1. The standard InChI is InChI=1S/C17H15FN2O4S/c1-10-7-8-12(18)13(9-10)19-17(22)15-16(21)11-5-3-4-6-14(11)25(23,24)20(15)2/h3-9,21H,1-2H3,(H,19,22). The van der Waals surface area contributed by atoms with Crippen LogP contribution < -0.4 is 5.32 Å². The molecule has 2 aromatic rings. The lowest BCUT2D eigenvalue weighted by molar-refractivity contribution is -0.113. The molecule has 130 valence electrons. The van der Waals surface area contributed by atoms with E-state index in [1.165, 1.54) is 36.4 Å². The molecular formula is C17H15FN2O4S. The Bertz CT molecular complexity index is 1020. The summed E-state index contributed by atoms with van der Waals surface area (Å²) in [5, 5.41) is 12.7. The van der Waals surface area contributed by atoms with Gasteiger partial charge in [0.15, 0.2) is 11.5 Å². The summed E-state index contributed by atoms with van der Waals surface area (Å²) < 4.78 is 39.7. The predicted octanol–water partition coefficient (Wildman–Crippen LogP) is 2.63. The van der Waals surface area contributed by atoms with Crippen LogP contribution in [0.1, 0.15) is 11.1 Å². The minimum atomic E-state index is -4.00. The Balaban J connectivity index is 2.09. The van der Waals surface area contributed by atoms with Crippen molar-refractivity contribution in [3.05, 3.63) is 65.1 Å². The number of hydrogen-bond donors (Lipinski definition) is 2. The van der Waals surface area contributed by atoms with Crippen molar-refractivity contribution in [2.75, 3.05) is 12.4 Å². The summed E-state index contributed by atoms with van der Waals surface area (Å²) >= 11 is 0. The number of fused-ring (bicyclic) bond motifs is 1. The van der Waals surface area contributed by atoms with Crippen molar-refractivity contribution in [3.63, 3.8) is 0 Å². The number of likely N-dealkylation sites (N-methyl/N-ethyl adjacent to an activating group) is 1. The molecule has 0 saturated carbocycles. The third-order valence-corrected chi connectivity index (χ3v) is 5.72. The summed E-state index contributed by atoms with van der Waals surface area (Å²) in [5.74, 6) is -2.08. The third-order valence-electron chi connectivity index (χ3n) is 3.90. The number of sulfonamides is 1. The number of nitrogens with one attached hydrogen (secondary N) is 1. The second kappa shape index (κ2) is 5.89. The summed E-state index contributed by atoms with van der Waals surface area (Å²) in [4.78, 5) is 12.4. The van der Waals surface area contributed by atoms with Gasteiger partial charge in [-0.3, -0.25) is 9.10 Å². The highest BCUT2D eigenvalue weighted by molar-refractivity contribution is 7.89. The number of hydrogen-bond acceptors (Lipinski definition) is 4. The van der Waals surface area contributed by atoms with Gasteiger partial charge in [-0.05, 0) is 36.8 Å². The van der Waals surface area contributed by atoms with E-state index in [9.17, 15) is 22.7 Å². The van der Waals surface area contributed by atoms with E-state index in [0.29, 0.717) is 9.87 Å². The van der Waals surface area contributed by atoms with Crippen LogP contribution in [-0.4, -0.2) is 30.8 Å². The molecule has 0 spiro atoms. The van der Waals surface area contributed by atoms with Crippen LogP contribution in [0.2, 0.25) is 0 Å². The lowest BCUT2D eigenvalue weighted by Crippen LogP contribution is -2.37. The van der Waals surface area contributed by atoms with Gasteiger partial charge in [0.1, 0.15) is 5.82 Å². The van der Waals surface area contributed by atoms with Gasteiger partial charge in [0.05, 0.1) is 10.6 Å². The number of carbonyl (C=O) groups is 1. The van der Waals surface area contributed by atoms with E-state index in [4.69, 9.17) is 0 Å². The van der Waals surface area contributed by atoms with Crippen molar-refractivity contribution in [1.29, 1.82) is 0 Å². The molecule has 8 heteroatoms. The number of aryl methyl sites for hydroxylation is 1. The highest BCUT2D eigenvalue weighted by Crippen LogP contribution is 2.34. The second-order valence-corrected chi connectivity index (χ2v) is 7.54. The summed E-state index contributed by atoms with van der Waals surface area (Å²) in [6.45, 7) is 1.72. The smallest absolute Gasteiger partial charge is 0.276 e. The quantitative estimate of drug-likeness (QED) is 0.860. The van der Waals surface area contributed by atoms with Crippen LogP contribution in [0.15, 0.2) is 53.1 Å². The van der Waals surface area contributed by atoms with Gasteiger partial charge in [-0.15, -0.1) is 0 Å². The zero-order valence-electron chi connectivity index (χ0n) is 13.4. The number of aliphatic hydroxyl groups excluding tert-OH is 1. The molecule has 0 saturated heterocycles. The SMILES string of the molecule is Cc1ccc(F)c(NC(=O)C2=C(O)c3ccccc3S(=O)(=O)N2C)c1. The first-order valence-electron chi connectivity index (χ1n) is 7.32. The predicted molar refractivity (Wildman–Crippen MR) is 90.7 cm³/mol. The van der Waals surface area contributed by atoms with E-state index in [2.05, 4.69) is 5.32 Å². The van der Waals surface area contributed by atoms with E-state index < -0.39 is 33.2 Å². The van der Waals surface area contributed by atoms with Crippen LogP contribution in [0.4, 0.5) is 10.1 Å². The number of rotatable bonds is 2. The maximum Gasteiger partial charge on any atom is 0.276 e. The van der Waals surface area contributed by atoms with Crippen molar-refractivity contribution in [2.45, 2.75) is 11.8 Å². The minimum absolute atomic E-state index is 0.0236. The maximum absolute atomic E-state index is 13.9. The van der Waals surface area contributed by atoms with Crippen LogP contribution in [0.3, 0.4) is 0 Å². The van der Waals surface area contributed by atoms with Crippen molar-refractivity contribution in [3.8, 4) is 0 Å². The zero-order chi connectivity index (χ0) is 18.4. The molecule has 25 heavy (non-hydrogen) atoms. The monoisotopic (exact) mass is 362 g/mol. The number of nitrogens with zero attached hydrogens (tertiary/aromatic N) is 1. The van der Waals surface area contributed by atoms with E-state index >= 15 is 0 Å². The fourth-order valence-corrected chi connectivity index (χ4v) is 4.00. The molecule has 0 aromatic heterocycles. The third kappa shape index (κ3) is 2.74. The van der Waals surface area contributed by atoms with Crippen LogP contribution in [-0.2, 0) is 14.8 Å². The fraction of sp³-hybridized carbons (Fsp3) is 0.118. The number of anilines is 1. The molecular weight excluding hydrogens is 347 g/mol. The topological polar surface area (TPSA) is 86.7 Å². The Labute approximate surface area is 144 Å². The molecule has 1 amide bonds. The molecule has 0 aliphatic carbocycles. The lowest BCUT2D eigenvalue weighted by Gasteiger charge is -2.28. The Morgan fingerprint density at radius 3 is 2.60 bits per heavy atom. The first-order valence-corrected chi connectivity index (χ1v) is 8.76. The van der Waals surface area contributed by atoms with E-state index in [-0.39, 0.29) is 16.1 Å². The first kappa shape index (κ1) is 17.0. The van der Waals surface area contributed by atoms with Crippen molar-refractivity contribution < 1.29 is 22.7 Å². The molecule has 0 unspecified atom stereocenters. The molecule has 0 radical (unpaired) electrons. The minimum Gasteiger partial charge on any atom is -0.505 e. The molecule has 3 rings (SSSR count). The first-order chi connectivity index (χ1) is 11.7. The van der Waals surface area contributed by atoms with Gasteiger partial charge in [0.25, 0.3) is 15.9 Å². The zero-order valence-corrected chi connectivity index (χ0v) is 14.3.